The maximum absolute atomic E-state index is 11.9. The Kier molecular flexibility index (Phi) is 6.32. The van der Waals surface area contributed by atoms with Crippen molar-refractivity contribution in [3.05, 3.63) is 26.6 Å². The first-order valence-corrected chi connectivity index (χ1v) is 7.56. The Balaban J connectivity index is 2.76. The highest BCUT2D eigenvalue weighted by molar-refractivity contribution is 9.11. The van der Waals surface area contributed by atoms with Gasteiger partial charge in [-0.25, -0.2) is 0 Å². The third-order valence-corrected chi connectivity index (χ3v) is 3.89. The Bertz CT molecular complexity index is 412. The third kappa shape index (κ3) is 4.37. The van der Waals surface area contributed by atoms with Gasteiger partial charge < -0.3 is 11.1 Å². The van der Waals surface area contributed by atoms with Crippen LogP contribution in [0.5, 0.6) is 0 Å². The van der Waals surface area contributed by atoms with Crippen molar-refractivity contribution in [2.75, 3.05) is 5.32 Å². The predicted molar refractivity (Wildman–Crippen MR) is 82.7 cm³/mol. The number of benzene rings is 1. The number of halogens is 2. The monoisotopic (exact) mass is 376 g/mol. The summed E-state index contributed by atoms with van der Waals surface area (Å²) in [4.78, 5) is 11.9. The molecule has 0 radical (unpaired) electrons. The number of hydrogen-bond donors (Lipinski definition) is 2. The van der Waals surface area contributed by atoms with Crippen LogP contribution >= 0.6 is 31.9 Å². The normalized spacial score (nSPS) is 12.3. The fourth-order valence-corrected chi connectivity index (χ4v) is 3.20. The van der Waals surface area contributed by atoms with Gasteiger partial charge in [0.15, 0.2) is 0 Å². The smallest absolute Gasteiger partial charge is 0.241 e. The summed E-state index contributed by atoms with van der Waals surface area (Å²) in [5, 5.41) is 2.86. The Hall–Kier alpha value is -0.390. The Labute approximate surface area is 125 Å². The molecule has 0 saturated heterocycles. The molecule has 0 aliphatic carbocycles. The maximum atomic E-state index is 11.9. The zero-order chi connectivity index (χ0) is 13.7. The standard InChI is InChI=1S/C13H18Br2N2O/c1-3-4-5-11(16)13(18)17-12-9(14)6-8(2)7-10(12)15/h6-7,11H,3-5,16H2,1-2H3,(H,17,18)/t11-/m0/s1. The summed E-state index contributed by atoms with van der Waals surface area (Å²) in [5.41, 5.74) is 7.69. The number of nitrogens with one attached hydrogen (secondary N) is 1. The Morgan fingerprint density at radius 2 is 1.94 bits per heavy atom. The van der Waals surface area contributed by atoms with Crippen LogP contribution < -0.4 is 11.1 Å². The third-order valence-electron chi connectivity index (χ3n) is 2.64. The summed E-state index contributed by atoms with van der Waals surface area (Å²) in [6.45, 7) is 4.08. The SMILES string of the molecule is CCCC[C@H](N)C(=O)Nc1c(Br)cc(C)cc1Br. The molecule has 1 aromatic rings. The Morgan fingerprint density at radius 1 is 1.39 bits per heavy atom. The first-order valence-electron chi connectivity index (χ1n) is 5.97. The van der Waals surface area contributed by atoms with Gasteiger partial charge in [0.1, 0.15) is 0 Å². The first kappa shape index (κ1) is 15.7. The number of unbranched alkanes of at least 4 members (excludes halogenated alkanes) is 1. The highest BCUT2D eigenvalue weighted by Gasteiger charge is 2.16. The summed E-state index contributed by atoms with van der Waals surface area (Å²) < 4.78 is 1.70. The van der Waals surface area contributed by atoms with Gasteiger partial charge in [-0.1, -0.05) is 19.8 Å². The molecule has 0 fully saturated rings. The van der Waals surface area contributed by atoms with E-state index >= 15 is 0 Å². The van der Waals surface area contributed by atoms with Crippen molar-refractivity contribution in [2.45, 2.75) is 39.2 Å². The first-order chi connectivity index (χ1) is 8.45. The summed E-state index contributed by atoms with van der Waals surface area (Å²) in [6.07, 6.45) is 2.72. The molecule has 0 saturated carbocycles. The molecular formula is C13H18Br2N2O. The fourth-order valence-electron chi connectivity index (χ4n) is 1.59. The second-order valence-corrected chi connectivity index (χ2v) is 6.05. The van der Waals surface area contributed by atoms with Crippen LogP contribution in [-0.4, -0.2) is 11.9 Å². The largest absolute Gasteiger partial charge is 0.323 e. The minimum Gasteiger partial charge on any atom is -0.323 e. The second-order valence-electron chi connectivity index (χ2n) is 4.34. The van der Waals surface area contributed by atoms with Gasteiger partial charge in [-0.05, 0) is 62.9 Å². The molecule has 3 N–H and O–H groups in total. The van der Waals surface area contributed by atoms with Gasteiger partial charge in [-0.2, -0.15) is 0 Å². The lowest BCUT2D eigenvalue weighted by atomic mass is 10.1. The molecule has 0 aliphatic heterocycles. The van der Waals surface area contributed by atoms with Crippen molar-refractivity contribution in [1.82, 2.24) is 0 Å². The van der Waals surface area contributed by atoms with Crippen LogP contribution in [0.2, 0.25) is 0 Å². The second kappa shape index (κ2) is 7.26. The van der Waals surface area contributed by atoms with E-state index < -0.39 is 6.04 Å². The number of nitrogens with two attached hydrogens (primary N) is 1. The molecular weight excluding hydrogens is 360 g/mol. The van der Waals surface area contributed by atoms with E-state index in [1.807, 2.05) is 19.1 Å². The number of carbonyl (C=O) groups excluding carboxylic acids is 1. The highest BCUT2D eigenvalue weighted by atomic mass is 79.9. The number of aryl methyl sites for hydroxylation is 1. The van der Waals surface area contributed by atoms with Crippen LogP contribution in [0.15, 0.2) is 21.1 Å². The molecule has 1 atom stereocenters. The van der Waals surface area contributed by atoms with E-state index in [4.69, 9.17) is 5.73 Å². The summed E-state index contributed by atoms with van der Waals surface area (Å²) in [7, 11) is 0. The molecule has 18 heavy (non-hydrogen) atoms. The van der Waals surface area contributed by atoms with Gasteiger partial charge >= 0.3 is 0 Å². The van der Waals surface area contributed by atoms with E-state index in [2.05, 4.69) is 44.1 Å². The van der Waals surface area contributed by atoms with E-state index in [0.717, 1.165) is 33.0 Å². The van der Waals surface area contributed by atoms with Crippen LogP contribution in [0, 0.1) is 6.92 Å². The molecule has 0 spiro atoms. The average molecular weight is 378 g/mol. The van der Waals surface area contributed by atoms with Crippen molar-refractivity contribution in [1.29, 1.82) is 0 Å². The Morgan fingerprint density at radius 3 is 2.44 bits per heavy atom. The van der Waals surface area contributed by atoms with E-state index in [1.165, 1.54) is 0 Å². The van der Waals surface area contributed by atoms with Crippen molar-refractivity contribution < 1.29 is 4.79 Å². The number of amides is 1. The lowest BCUT2D eigenvalue weighted by molar-refractivity contribution is -0.117. The van der Waals surface area contributed by atoms with E-state index in [0.29, 0.717) is 6.42 Å². The number of hydrogen-bond acceptors (Lipinski definition) is 2. The van der Waals surface area contributed by atoms with Gasteiger partial charge in [0.05, 0.1) is 11.7 Å². The molecule has 0 aliphatic rings. The molecule has 0 aromatic heterocycles. The van der Waals surface area contributed by atoms with Gasteiger partial charge in [-0.15, -0.1) is 0 Å². The van der Waals surface area contributed by atoms with Gasteiger partial charge in [-0.3, -0.25) is 4.79 Å². The molecule has 0 bridgehead atoms. The van der Waals surface area contributed by atoms with Crippen molar-refractivity contribution in [3.63, 3.8) is 0 Å². The minimum absolute atomic E-state index is 0.145. The highest BCUT2D eigenvalue weighted by Crippen LogP contribution is 2.32. The average Bonchev–Trinajstić information content (AvgIpc) is 2.30. The molecule has 0 heterocycles. The van der Waals surface area contributed by atoms with Crippen LogP contribution in [0.1, 0.15) is 31.7 Å². The van der Waals surface area contributed by atoms with Crippen LogP contribution in [0.4, 0.5) is 5.69 Å². The van der Waals surface area contributed by atoms with Crippen LogP contribution in [0.3, 0.4) is 0 Å². The van der Waals surface area contributed by atoms with Crippen molar-refractivity contribution >= 4 is 43.5 Å². The summed E-state index contributed by atoms with van der Waals surface area (Å²) in [5.74, 6) is -0.145. The number of anilines is 1. The van der Waals surface area contributed by atoms with Crippen molar-refractivity contribution in [2.24, 2.45) is 5.73 Å². The zero-order valence-corrected chi connectivity index (χ0v) is 13.8. The van der Waals surface area contributed by atoms with Crippen LogP contribution in [-0.2, 0) is 4.79 Å². The molecule has 0 unspecified atom stereocenters. The van der Waals surface area contributed by atoms with E-state index in [1.54, 1.807) is 0 Å². The van der Waals surface area contributed by atoms with E-state index in [-0.39, 0.29) is 5.91 Å². The minimum atomic E-state index is -0.454. The van der Waals surface area contributed by atoms with Gasteiger partial charge in [0.2, 0.25) is 5.91 Å². The predicted octanol–water partition coefficient (Wildman–Crippen LogP) is 3.98. The quantitative estimate of drug-likeness (QED) is 0.815. The lowest BCUT2D eigenvalue weighted by Gasteiger charge is -2.14. The van der Waals surface area contributed by atoms with Crippen LogP contribution in [0.25, 0.3) is 0 Å². The molecule has 1 rings (SSSR count). The maximum Gasteiger partial charge on any atom is 0.241 e. The lowest BCUT2D eigenvalue weighted by Crippen LogP contribution is -2.35. The molecule has 1 amide bonds. The molecule has 5 heteroatoms. The summed E-state index contributed by atoms with van der Waals surface area (Å²) in [6, 6.07) is 3.46. The van der Waals surface area contributed by atoms with Gasteiger partial charge in [0.25, 0.3) is 0 Å². The number of carbonyl (C=O) groups is 1. The fraction of sp³-hybridized carbons (Fsp3) is 0.462. The van der Waals surface area contributed by atoms with Gasteiger partial charge in [0, 0.05) is 8.95 Å². The molecule has 100 valence electrons. The van der Waals surface area contributed by atoms with E-state index in [9.17, 15) is 4.79 Å². The molecule has 3 nitrogen and oxygen atoms in total. The molecule has 1 aromatic carbocycles. The van der Waals surface area contributed by atoms with Crippen molar-refractivity contribution in [3.8, 4) is 0 Å². The summed E-state index contributed by atoms with van der Waals surface area (Å²) >= 11 is 6.89. The number of rotatable bonds is 5. The topological polar surface area (TPSA) is 55.1 Å². The zero-order valence-electron chi connectivity index (χ0n) is 10.6.